The molecule has 0 saturated carbocycles. The van der Waals surface area contributed by atoms with E-state index >= 15 is 0 Å². The monoisotopic (exact) mass is 450 g/mol. The Kier molecular flexibility index (Phi) is 6.44. The van der Waals surface area contributed by atoms with Gasteiger partial charge in [-0.2, -0.15) is 0 Å². The quantitative estimate of drug-likeness (QED) is 0.395. The minimum Gasteiger partial charge on any atom is -0.302 e. The van der Waals surface area contributed by atoms with Gasteiger partial charge in [-0.05, 0) is 22.8 Å². The van der Waals surface area contributed by atoms with Crippen molar-refractivity contribution in [2.45, 2.75) is 18.6 Å². The number of sulfone groups is 1. The topological polar surface area (TPSA) is 76.1 Å². The highest BCUT2D eigenvalue weighted by Crippen LogP contribution is 2.31. The Hall–Kier alpha value is -3.03. The number of nitrogens with one attached hydrogen (secondary N) is 1. The van der Waals surface area contributed by atoms with Crippen LogP contribution in [0, 0.1) is 0 Å². The summed E-state index contributed by atoms with van der Waals surface area (Å²) in [5, 5.41) is 7.46. The molecule has 0 spiro atoms. The summed E-state index contributed by atoms with van der Waals surface area (Å²) >= 11 is 1.36. The Balaban J connectivity index is 1.33. The van der Waals surface area contributed by atoms with E-state index in [1.807, 2.05) is 47.8 Å². The molecule has 1 amide bonds. The summed E-state index contributed by atoms with van der Waals surface area (Å²) in [5.41, 5.74) is 2.58. The molecule has 158 valence electrons. The van der Waals surface area contributed by atoms with Crippen molar-refractivity contribution in [3.63, 3.8) is 0 Å². The van der Waals surface area contributed by atoms with Gasteiger partial charge >= 0.3 is 0 Å². The highest BCUT2D eigenvalue weighted by Gasteiger charge is 2.14. The smallest absolute Gasteiger partial charge is 0.226 e. The minimum atomic E-state index is -3.25. The average molecular weight is 451 g/mol. The maximum Gasteiger partial charge on any atom is 0.226 e. The average Bonchev–Trinajstić information content (AvgIpc) is 3.21. The normalized spacial score (nSPS) is 11.5. The number of nitrogens with zero attached hydrogens (tertiary/aromatic N) is 1. The van der Waals surface area contributed by atoms with E-state index in [4.69, 9.17) is 0 Å². The first-order valence-electron chi connectivity index (χ1n) is 9.98. The van der Waals surface area contributed by atoms with Crippen LogP contribution in [0.15, 0.2) is 78.2 Å². The van der Waals surface area contributed by atoms with E-state index in [0.717, 1.165) is 27.6 Å². The molecule has 7 heteroatoms. The van der Waals surface area contributed by atoms with Crippen molar-refractivity contribution in [1.29, 1.82) is 0 Å². The summed E-state index contributed by atoms with van der Waals surface area (Å²) in [7, 11) is -3.25. The second kappa shape index (κ2) is 9.41. The Labute approximate surface area is 185 Å². The van der Waals surface area contributed by atoms with E-state index in [2.05, 4.69) is 28.5 Å². The molecule has 0 saturated heterocycles. The molecule has 0 bridgehead atoms. The van der Waals surface area contributed by atoms with Crippen LogP contribution in [0.2, 0.25) is 0 Å². The predicted molar refractivity (Wildman–Crippen MR) is 127 cm³/mol. The molecule has 31 heavy (non-hydrogen) atoms. The van der Waals surface area contributed by atoms with Crippen molar-refractivity contribution in [3.8, 4) is 11.3 Å². The lowest BCUT2D eigenvalue weighted by atomic mass is 10.0. The van der Waals surface area contributed by atoms with Crippen molar-refractivity contribution < 1.29 is 13.2 Å². The minimum absolute atomic E-state index is 0.00364. The number of carbonyl (C=O) groups is 1. The maximum atomic E-state index is 12.3. The van der Waals surface area contributed by atoms with Crippen LogP contribution in [0.1, 0.15) is 18.4 Å². The van der Waals surface area contributed by atoms with Crippen LogP contribution >= 0.6 is 11.3 Å². The van der Waals surface area contributed by atoms with Gasteiger partial charge in [0.05, 0.1) is 17.2 Å². The van der Waals surface area contributed by atoms with E-state index in [1.54, 1.807) is 12.1 Å². The van der Waals surface area contributed by atoms with Gasteiger partial charge in [-0.3, -0.25) is 4.79 Å². The predicted octanol–water partition coefficient (Wildman–Crippen LogP) is 5.30. The van der Waals surface area contributed by atoms with Gasteiger partial charge in [0.1, 0.15) is 0 Å². The Morgan fingerprint density at radius 1 is 0.935 bits per heavy atom. The highest BCUT2D eigenvalue weighted by atomic mass is 32.2. The number of hydrogen-bond acceptors (Lipinski definition) is 5. The number of rotatable bonds is 8. The second-order valence-electron chi connectivity index (χ2n) is 7.29. The van der Waals surface area contributed by atoms with E-state index < -0.39 is 9.84 Å². The molecule has 1 N–H and O–H groups in total. The Morgan fingerprint density at radius 3 is 2.52 bits per heavy atom. The molecule has 4 rings (SSSR count). The zero-order valence-electron chi connectivity index (χ0n) is 16.8. The molecule has 4 aromatic rings. The van der Waals surface area contributed by atoms with Crippen LogP contribution in [0.25, 0.3) is 22.0 Å². The SMILES string of the molecule is O=C(CCCS(=O)(=O)Cc1ccccc1)Nc1nc(-c2cccc3ccccc23)cs1. The number of thiazole rings is 1. The highest BCUT2D eigenvalue weighted by molar-refractivity contribution is 7.90. The number of fused-ring (bicyclic) bond motifs is 1. The van der Waals surface area contributed by atoms with Crippen LogP contribution in [0.5, 0.6) is 0 Å². The molecular weight excluding hydrogens is 428 g/mol. The number of hydrogen-bond donors (Lipinski definition) is 1. The van der Waals surface area contributed by atoms with Gasteiger partial charge in [0, 0.05) is 17.4 Å². The molecule has 5 nitrogen and oxygen atoms in total. The zero-order chi connectivity index (χ0) is 21.7. The molecule has 0 aliphatic carbocycles. The molecule has 3 aromatic carbocycles. The van der Waals surface area contributed by atoms with E-state index in [-0.39, 0.29) is 30.3 Å². The fourth-order valence-electron chi connectivity index (χ4n) is 3.44. The molecule has 0 fully saturated rings. The lowest BCUT2D eigenvalue weighted by molar-refractivity contribution is -0.116. The molecule has 0 atom stereocenters. The Morgan fingerprint density at radius 2 is 1.68 bits per heavy atom. The van der Waals surface area contributed by atoms with Crippen molar-refractivity contribution in [3.05, 3.63) is 83.7 Å². The van der Waals surface area contributed by atoms with E-state index in [0.29, 0.717) is 5.13 Å². The molecule has 0 aliphatic rings. The van der Waals surface area contributed by atoms with Crippen LogP contribution in [-0.4, -0.2) is 25.1 Å². The van der Waals surface area contributed by atoms with Crippen LogP contribution < -0.4 is 5.32 Å². The molecule has 1 heterocycles. The number of anilines is 1. The van der Waals surface area contributed by atoms with Gasteiger partial charge in [0.25, 0.3) is 0 Å². The number of amides is 1. The second-order valence-corrected chi connectivity index (χ2v) is 10.3. The van der Waals surface area contributed by atoms with Gasteiger partial charge in [-0.1, -0.05) is 72.8 Å². The van der Waals surface area contributed by atoms with Crippen molar-refractivity contribution >= 4 is 43.0 Å². The summed E-state index contributed by atoms with van der Waals surface area (Å²) in [6.45, 7) is 0. The first-order valence-corrected chi connectivity index (χ1v) is 12.7. The third kappa shape index (κ3) is 5.57. The Bertz CT molecular complexity index is 1290. The van der Waals surface area contributed by atoms with Crippen molar-refractivity contribution in [2.24, 2.45) is 0 Å². The zero-order valence-corrected chi connectivity index (χ0v) is 18.5. The fraction of sp³-hybridized carbons (Fsp3) is 0.167. The fourth-order valence-corrected chi connectivity index (χ4v) is 5.59. The summed E-state index contributed by atoms with van der Waals surface area (Å²) in [4.78, 5) is 16.8. The van der Waals surface area contributed by atoms with E-state index in [1.165, 1.54) is 11.3 Å². The third-order valence-electron chi connectivity index (χ3n) is 4.90. The summed E-state index contributed by atoms with van der Waals surface area (Å²) in [6, 6.07) is 23.2. The maximum absolute atomic E-state index is 12.3. The van der Waals surface area contributed by atoms with Crippen LogP contribution in [-0.2, 0) is 20.4 Å². The largest absolute Gasteiger partial charge is 0.302 e. The van der Waals surface area contributed by atoms with Gasteiger partial charge in [0.2, 0.25) is 5.91 Å². The first-order chi connectivity index (χ1) is 15.0. The van der Waals surface area contributed by atoms with Gasteiger partial charge in [-0.25, -0.2) is 13.4 Å². The summed E-state index contributed by atoms with van der Waals surface area (Å²) < 4.78 is 24.5. The van der Waals surface area contributed by atoms with Crippen LogP contribution in [0.3, 0.4) is 0 Å². The van der Waals surface area contributed by atoms with Gasteiger partial charge in [-0.15, -0.1) is 11.3 Å². The standard InChI is InChI=1S/C24H22N2O3S2/c27-23(14-7-15-31(28,29)17-18-8-2-1-3-9-18)26-24-25-22(16-30-24)21-13-6-11-19-10-4-5-12-20(19)21/h1-6,8-13,16H,7,14-15,17H2,(H,25,26,27). The number of carbonyl (C=O) groups excluding carboxylic acids is 1. The summed E-state index contributed by atoms with van der Waals surface area (Å²) in [5.74, 6) is -0.251. The molecule has 0 aliphatic heterocycles. The molecular formula is C24H22N2O3S2. The van der Waals surface area contributed by atoms with Crippen molar-refractivity contribution in [2.75, 3.05) is 11.1 Å². The van der Waals surface area contributed by atoms with E-state index in [9.17, 15) is 13.2 Å². The first kappa shape index (κ1) is 21.2. The van der Waals surface area contributed by atoms with Crippen molar-refractivity contribution in [1.82, 2.24) is 4.98 Å². The van der Waals surface area contributed by atoms with Crippen LogP contribution in [0.4, 0.5) is 5.13 Å². The third-order valence-corrected chi connectivity index (χ3v) is 7.35. The lowest BCUT2D eigenvalue weighted by Crippen LogP contribution is -2.15. The molecule has 0 unspecified atom stereocenters. The summed E-state index contributed by atoms with van der Waals surface area (Å²) in [6.07, 6.45) is 0.416. The number of aromatic nitrogens is 1. The lowest BCUT2D eigenvalue weighted by Gasteiger charge is -2.05. The number of benzene rings is 3. The van der Waals surface area contributed by atoms with Gasteiger partial charge in [0.15, 0.2) is 15.0 Å². The molecule has 1 aromatic heterocycles. The molecule has 0 radical (unpaired) electrons. The van der Waals surface area contributed by atoms with Gasteiger partial charge < -0.3 is 5.32 Å².